The minimum absolute atomic E-state index is 0.00395. The number of nitrogens with one attached hydrogen (secondary N) is 1. The summed E-state index contributed by atoms with van der Waals surface area (Å²) in [6.45, 7) is 2.79. The van der Waals surface area contributed by atoms with Crippen molar-refractivity contribution in [1.29, 1.82) is 0 Å². The normalized spacial score (nSPS) is 10.8. The molecule has 3 aromatic carbocycles. The number of ether oxygens (including phenoxy) is 1. The van der Waals surface area contributed by atoms with Gasteiger partial charge in [0.15, 0.2) is 0 Å². The first-order valence-corrected chi connectivity index (χ1v) is 11.6. The smallest absolute Gasteiger partial charge is 0.303 e. The maximum atomic E-state index is 12.4. The molecule has 0 aliphatic heterocycles. The van der Waals surface area contributed by atoms with Crippen LogP contribution in [0.5, 0.6) is 0 Å². The Balaban J connectivity index is 1.55. The molecule has 4 aromatic rings. The number of amides is 1. The van der Waals surface area contributed by atoms with Crippen LogP contribution in [0, 0.1) is 6.92 Å². The van der Waals surface area contributed by atoms with Crippen molar-refractivity contribution >= 4 is 11.9 Å². The van der Waals surface area contributed by atoms with Crippen molar-refractivity contribution in [1.82, 2.24) is 15.5 Å². The zero-order chi connectivity index (χ0) is 25.5. The van der Waals surface area contributed by atoms with E-state index in [1.807, 2.05) is 30.3 Å². The average molecular weight is 486 g/mol. The van der Waals surface area contributed by atoms with Gasteiger partial charge in [-0.05, 0) is 59.9 Å². The second-order valence-electron chi connectivity index (χ2n) is 8.38. The zero-order valence-corrected chi connectivity index (χ0v) is 20.2. The molecule has 1 amide bonds. The van der Waals surface area contributed by atoms with E-state index in [4.69, 9.17) is 14.4 Å². The summed E-state index contributed by atoms with van der Waals surface area (Å²) >= 11 is 0. The van der Waals surface area contributed by atoms with Crippen LogP contribution >= 0.6 is 0 Å². The van der Waals surface area contributed by atoms with Crippen LogP contribution in [-0.2, 0) is 16.1 Å². The van der Waals surface area contributed by atoms with Gasteiger partial charge < -0.3 is 19.7 Å². The van der Waals surface area contributed by atoms with E-state index in [-0.39, 0.29) is 18.9 Å². The van der Waals surface area contributed by atoms with Gasteiger partial charge in [-0.15, -0.1) is 0 Å². The molecule has 36 heavy (non-hydrogen) atoms. The molecule has 8 heteroatoms. The second kappa shape index (κ2) is 11.4. The molecule has 0 fully saturated rings. The van der Waals surface area contributed by atoms with E-state index < -0.39 is 5.97 Å². The van der Waals surface area contributed by atoms with Gasteiger partial charge in [0.1, 0.15) is 0 Å². The van der Waals surface area contributed by atoms with Crippen molar-refractivity contribution < 1.29 is 24.0 Å². The van der Waals surface area contributed by atoms with E-state index in [2.05, 4.69) is 34.5 Å². The van der Waals surface area contributed by atoms with Crippen molar-refractivity contribution in [2.45, 2.75) is 26.4 Å². The molecule has 8 nitrogen and oxygen atoms in total. The molecule has 0 saturated heterocycles. The minimum Gasteiger partial charge on any atom is -0.481 e. The van der Waals surface area contributed by atoms with Gasteiger partial charge in [0.25, 0.3) is 11.8 Å². The molecular formula is C28H27N3O5. The molecule has 184 valence electrons. The Morgan fingerprint density at radius 2 is 1.83 bits per heavy atom. The topological polar surface area (TPSA) is 115 Å². The summed E-state index contributed by atoms with van der Waals surface area (Å²) in [5.74, 6) is -0.454. The average Bonchev–Trinajstić information content (AvgIpc) is 3.38. The first-order valence-electron chi connectivity index (χ1n) is 11.6. The number of methoxy groups -OCH3 is 1. The van der Waals surface area contributed by atoms with E-state index in [9.17, 15) is 9.59 Å². The third-order valence-electron chi connectivity index (χ3n) is 5.75. The van der Waals surface area contributed by atoms with Gasteiger partial charge in [0.05, 0.1) is 6.61 Å². The van der Waals surface area contributed by atoms with Crippen LogP contribution in [0.2, 0.25) is 0 Å². The number of aliphatic carboxylic acids is 1. The fourth-order valence-electron chi connectivity index (χ4n) is 3.94. The number of aryl methyl sites for hydroxylation is 1. The number of carbonyl (C=O) groups excluding carboxylic acids is 1. The molecule has 0 bridgehead atoms. The molecule has 1 aromatic heterocycles. The van der Waals surface area contributed by atoms with Gasteiger partial charge in [0, 0.05) is 36.8 Å². The summed E-state index contributed by atoms with van der Waals surface area (Å²) in [6.07, 6.45) is 0.368. The number of hydrogen-bond acceptors (Lipinski definition) is 6. The number of aromatic nitrogens is 2. The van der Waals surface area contributed by atoms with E-state index >= 15 is 0 Å². The molecule has 0 saturated carbocycles. The number of benzene rings is 3. The van der Waals surface area contributed by atoms with E-state index in [0.29, 0.717) is 35.9 Å². The Bertz CT molecular complexity index is 1380. The maximum absolute atomic E-state index is 12.4. The predicted octanol–water partition coefficient (Wildman–Crippen LogP) is 5.12. The summed E-state index contributed by atoms with van der Waals surface area (Å²) < 4.78 is 11.0. The Hall–Kier alpha value is -4.30. The van der Waals surface area contributed by atoms with Gasteiger partial charge in [0.2, 0.25) is 5.82 Å². The number of nitrogens with zero attached hydrogens (tertiary/aromatic N) is 2. The Kier molecular flexibility index (Phi) is 7.87. The third-order valence-corrected chi connectivity index (χ3v) is 5.75. The molecule has 0 radical (unpaired) electrons. The van der Waals surface area contributed by atoms with Gasteiger partial charge in [-0.25, -0.2) is 0 Å². The van der Waals surface area contributed by atoms with Crippen LogP contribution < -0.4 is 5.32 Å². The molecule has 2 N–H and O–H groups in total. The van der Waals surface area contributed by atoms with Crippen molar-refractivity contribution in [3.8, 4) is 34.0 Å². The minimum atomic E-state index is -0.890. The predicted molar refractivity (Wildman–Crippen MR) is 135 cm³/mol. The van der Waals surface area contributed by atoms with Gasteiger partial charge >= 0.3 is 5.97 Å². The second-order valence-corrected chi connectivity index (χ2v) is 8.38. The monoisotopic (exact) mass is 485 g/mol. The largest absolute Gasteiger partial charge is 0.481 e. The van der Waals surface area contributed by atoms with Gasteiger partial charge in [-0.3, -0.25) is 9.59 Å². The molecule has 0 unspecified atom stereocenters. The number of carboxylic acid groups (broad SMARTS) is 1. The molecule has 0 atom stereocenters. The quantitative estimate of drug-likeness (QED) is 0.300. The van der Waals surface area contributed by atoms with E-state index in [1.54, 1.807) is 31.4 Å². The molecular weight excluding hydrogens is 458 g/mol. The number of carboxylic acids is 1. The van der Waals surface area contributed by atoms with Crippen LogP contribution in [0.1, 0.15) is 34.3 Å². The summed E-state index contributed by atoms with van der Waals surface area (Å²) in [6, 6.07) is 21.1. The summed E-state index contributed by atoms with van der Waals surface area (Å²) in [5.41, 5.74) is 6.24. The summed E-state index contributed by atoms with van der Waals surface area (Å²) in [7, 11) is 1.66. The fraction of sp³-hybridized carbons (Fsp3) is 0.214. The fourth-order valence-corrected chi connectivity index (χ4v) is 3.94. The molecule has 1 heterocycles. The Morgan fingerprint density at radius 1 is 1.00 bits per heavy atom. The molecule has 0 aliphatic rings. The molecule has 0 aliphatic carbocycles. The SMILES string of the molecule is COCc1cc(-c2nc(-c3cccc(C(=O)NCCCC(=O)O)c3)no2)ccc1-c1ccccc1C. The first-order chi connectivity index (χ1) is 17.5. The third kappa shape index (κ3) is 5.84. The van der Waals surface area contributed by atoms with Gasteiger partial charge in [-0.1, -0.05) is 47.6 Å². The van der Waals surface area contributed by atoms with Crippen molar-refractivity contribution in [3.05, 3.63) is 83.4 Å². The van der Waals surface area contributed by atoms with Crippen molar-refractivity contribution in [2.75, 3.05) is 13.7 Å². The van der Waals surface area contributed by atoms with Crippen molar-refractivity contribution in [3.63, 3.8) is 0 Å². The zero-order valence-electron chi connectivity index (χ0n) is 20.2. The number of hydrogen-bond donors (Lipinski definition) is 2. The Morgan fingerprint density at radius 3 is 2.61 bits per heavy atom. The van der Waals surface area contributed by atoms with Crippen LogP contribution in [0.25, 0.3) is 34.0 Å². The Labute approximate surface area is 208 Å². The molecule has 4 rings (SSSR count). The van der Waals surface area contributed by atoms with E-state index in [1.165, 1.54) is 5.56 Å². The standard InChI is InChI=1S/C28H27N3O5/c1-18-7-3-4-10-23(18)24-13-12-21(16-22(24)17-35-2)28-30-26(31-36-28)19-8-5-9-20(15-19)27(34)29-14-6-11-25(32)33/h3-5,7-10,12-13,15-16H,6,11,14,17H2,1-2H3,(H,29,34)(H,32,33). The van der Waals surface area contributed by atoms with Crippen molar-refractivity contribution in [2.24, 2.45) is 0 Å². The molecule has 0 spiro atoms. The van der Waals surface area contributed by atoms with Gasteiger partial charge in [-0.2, -0.15) is 4.98 Å². The first kappa shape index (κ1) is 24.8. The van der Waals surface area contributed by atoms with E-state index in [0.717, 1.165) is 22.3 Å². The highest BCUT2D eigenvalue weighted by Crippen LogP contribution is 2.31. The van der Waals surface area contributed by atoms with Crippen LogP contribution in [0.4, 0.5) is 0 Å². The highest BCUT2D eigenvalue weighted by molar-refractivity contribution is 5.95. The lowest BCUT2D eigenvalue weighted by Gasteiger charge is -2.12. The summed E-state index contributed by atoms with van der Waals surface area (Å²) in [5, 5.41) is 15.6. The van der Waals surface area contributed by atoms with Crippen LogP contribution in [-0.4, -0.2) is 40.8 Å². The number of rotatable bonds is 10. The highest BCUT2D eigenvalue weighted by Gasteiger charge is 2.16. The lowest BCUT2D eigenvalue weighted by molar-refractivity contribution is -0.137. The maximum Gasteiger partial charge on any atom is 0.303 e. The highest BCUT2D eigenvalue weighted by atomic mass is 16.5. The van der Waals surface area contributed by atoms with Crippen LogP contribution in [0.3, 0.4) is 0 Å². The van der Waals surface area contributed by atoms with Crippen LogP contribution in [0.15, 0.2) is 71.3 Å². The summed E-state index contributed by atoms with van der Waals surface area (Å²) in [4.78, 5) is 27.6. The number of carbonyl (C=O) groups is 2. The lowest BCUT2D eigenvalue weighted by Crippen LogP contribution is -2.24. The lowest BCUT2D eigenvalue weighted by atomic mass is 9.94.